The highest BCUT2D eigenvalue weighted by molar-refractivity contribution is 14.1. The number of halogens is 5. The molecule has 0 N–H and O–H groups in total. The molecule has 0 bridgehead atoms. The van der Waals surface area contributed by atoms with E-state index in [1.54, 1.807) is 0 Å². The lowest BCUT2D eigenvalue weighted by atomic mass is 10.2. The maximum Gasteiger partial charge on any atom is 0.0683 e. The van der Waals surface area contributed by atoms with E-state index in [0.717, 1.165) is 26.2 Å². The maximum atomic E-state index is 2.70. The van der Waals surface area contributed by atoms with Crippen LogP contribution in [0.4, 0.5) is 0 Å². The monoisotopic (exact) mass is 1070 g/mol. The second-order valence-corrected chi connectivity index (χ2v) is 25.7. The van der Waals surface area contributed by atoms with E-state index < -0.39 is 0 Å². The Morgan fingerprint density at radius 1 is 0.444 bits per heavy atom. The van der Waals surface area contributed by atoms with Crippen LogP contribution in [-0.2, 0) is 0 Å². The summed E-state index contributed by atoms with van der Waals surface area (Å²) in [5.74, 6) is 0. The molecule has 0 aromatic carbocycles. The molecule has 9 heteroatoms. The van der Waals surface area contributed by atoms with Crippen LogP contribution in [0.25, 0.3) is 0 Å². The van der Waals surface area contributed by atoms with Gasteiger partial charge in [0.15, 0.2) is 0 Å². The third-order valence-corrected chi connectivity index (χ3v) is 9.57. The predicted octanol–water partition coefficient (Wildman–Crippen LogP) is 9.63. The first-order chi connectivity index (χ1) is 15.9. The van der Waals surface area contributed by atoms with Crippen LogP contribution in [0.5, 0.6) is 0 Å². The lowest BCUT2D eigenvalue weighted by Gasteiger charge is -2.43. The van der Waals surface area contributed by atoms with Gasteiger partial charge in [0.1, 0.15) is 0 Å². The molecule has 0 aromatic heterocycles. The minimum atomic E-state index is 0.152. The van der Waals surface area contributed by atoms with E-state index in [1.165, 1.54) is 32.4 Å². The second-order valence-electron chi connectivity index (χ2n) is 12.5. The van der Waals surface area contributed by atoms with Gasteiger partial charge in [0.05, 0.1) is 17.7 Å². The number of hydrogen-bond acceptors (Lipinski definition) is 4. The molecule has 0 aliphatic heterocycles. The second kappa shape index (κ2) is 16.4. The van der Waals surface area contributed by atoms with Crippen molar-refractivity contribution in [1.29, 1.82) is 0 Å². The highest BCUT2D eigenvalue weighted by atomic mass is 127. The van der Waals surface area contributed by atoms with Crippen LogP contribution >= 0.6 is 113 Å². The average Bonchev–Trinajstić information content (AvgIpc) is 2.59. The molecule has 0 atom stereocenters. The minimum Gasteiger partial charge on any atom is -0.301 e. The summed E-state index contributed by atoms with van der Waals surface area (Å²) in [5.41, 5.74) is 0. The fourth-order valence-electron chi connectivity index (χ4n) is 4.92. The lowest BCUT2D eigenvalue weighted by molar-refractivity contribution is 0.123. The zero-order valence-corrected chi connectivity index (χ0v) is 35.9. The van der Waals surface area contributed by atoms with Crippen molar-refractivity contribution in [3.05, 3.63) is 0 Å². The van der Waals surface area contributed by atoms with Gasteiger partial charge in [-0.05, 0) is 115 Å². The number of rotatable bonds is 18. The van der Waals surface area contributed by atoms with Crippen molar-refractivity contribution in [2.75, 3.05) is 39.3 Å². The van der Waals surface area contributed by atoms with E-state index in [9.17, 15) is 0 Å². The summed E-state index contributed by atoms with van der Waals surface area (Å²) >= 11 is 13.0. The van der Waals surface area contributed by atoms with Crippen LogP contribution in [0.3, 0.4) is 0 Å². The molecule has 0 fully saturated rings. The van der Waals surface area contributed by atoms with E-state index in [2.05, 4.69) is 216 Å². The number of hydrogen-bond donors (Lipinski definition) is 0. The van der Waals surface area contributed by atoms with Crippen molar-refractivity contribution in [1.82, 2.24) is 19.6 Å². The van der Waals surface area contributed by atoms with Crippen LogP contribution in [-0.4, -0.2) is 82.6 Å². The zero-order chi connectivity index (χ0) is 28.8. The fourth-order valence-corrected chi connectivity index (χ4v) is 9.70. The van der Waals surface area contributed by atoms with E-state index >= 15 is 0 Å². The van der Waals surface area contributed by atoms with Crippen molar-refractivity contribution in [2.45, 2.75) is 126 Å². The average molecular weight is 1070 g/mol. The van der Waals surface area contributed by atoms with Crippen LogP contribution < -0.4 is 0 Å². The van der Waals surface area contributed by atoms with E-state index in [1.807, 2.05) is 0 Å². The molecule has 0 heterocycles. The largest absolute Gasteiger partial charge is 0.301 e. The molecule has 36 heavy (non-hydrogen) atoms. The Morgan fingerprint density at radius 3 is 0.972 bits per heavy atom. The van der Waals surface area contributed by atoms with Crippen LogP contribution in [0.2, 0.25) is 0 Å². The Labute approximate surface area is 294 Å². The van der Waals surface area contributed by atoms with Gasteiger partial charge in [0, 0.05) is 32.2 Å². The van der Waals surface area contributed by atoms with Gasteiger partial charge in [0.25, 0.3) is 0 Å². The first-order valence-electron chi connectivity index (χ1n) is 13.4. The minimum absolute atomic E-state index is 0.152. The zero-order valence-electron chi connectivity index (χ0n) is 25.1. The highest BCUT2D eigenvalue weighted by Crippen LogP contribution is 2.36. The van der Waals surface area contributed by atoms with E-state index in [0.29, 0.717) is 6.04 Å². The summed E-state index contributed by atoms with van der Waals surface area (Å²) in [5, 5.41) is 0. The Hall–Kier alpha value is 3.49. The van der Waals surface area contributed by atoms with Crippen molar-refractivity contribution < 1.29 is 0 Å². The topological polar surface area (TPSA) is 13.0 Å². The smallest absolute Gasteiger partial charge is 0.0683 e. The summed E-state index contributed by atoms with van der Waals surface area (Å²) in [6.07, 6.45) is 3.64. The molecule has 4 nitrogen and oxygen atoms in total. The molecule has 0 rings (SSSR count). The first-order valence-corrected chi connectivity index (χ1v) is 18.8. The molecule has 0 radical (unpaired) electrons. The molecule has 0 saturated carbocycles. The van der Waals surface area contributed by atoms with Crippen molar-refractivity contribution in [2.24, 2.45) is 0 Å². The molecule has 0 aromatic rings. The molecule has 0 unspecified atom stereocenters. The Kier molecular flexibility index (Phi) is 18.0. The van der Waals surface area contributed by atoms with Crippen LogP contribution in [0.15, 0.2) is 0 Å². The summed E-state index contributed by atoms with van der Waals surface area (Å²) < 4.78 is 0.792. The van der Waals surface area contributed by atoms with Crippen molar-refractivity contribution in [3.8, 4) is 0 Å². The lowest BCUT2D eigenvalue weighted by Crippen LogP contribution is -2.50. The maximum absolute atomic E-state index is 2.70. The fraction of sp³-hybridized carbons (Fsp3) is 1.00. The summed E-state index contributed by atoms with van der Waals surface area (Å²) in [6, 6.07) is 0.588. The van der Waals surface area contributed by atoms with Gasteiger partial charge in [-0.25, -0.2) is 0 Å². The Bertz CT molecular complexity index is 582. The van der Waals surface area contributed by atoms with Gasteiger partial charge < -0.3 is 4.90 Å². The molecular weight excluding hydrogens is 1010 g/mol. The number of nitrogens with zero attached hydrogens (tertiary/aromatic N) is 4. The van der Waals surface area contributed by atoms with Crippen LogP contribution in [0.1, 0.15) is 102 Å². The standard InChI is InChI=1S/C27H55I5N4/c1-22(2)33(17-14-20-35(24(5,6)29)25(7,8)30)16-13-18-34(23(3,4)28)19-15-21-36(26(9,10)31)27(11,12)32/h22H,13-21H2,1-12H3. The van der Waals surface area contributed by atoms with Crippen LogP contribution in [0, 0.1) is 0 Å². The van der Waals surface area contributed by atoms with Gasteiger partial charge in [-0.1, -0.05) is 113 Å². The summed E-state index contributed by atoms with van der Waals surface area (Å²) in [7, 11) is 0. The normalized spacial score (nSPS) is 14.8. The molecule has 0 aliphatic carbocycles. The molecule has 0 aliphatic rings. The number of alkyl halides is 5. The molecule has 0 spiro atoms. The third kappa shape index (κ3) is 16.2. The molecular formula is C27H55I5N4. The molecule has 0 amide bonds. The summed E-state index contributed by atoms with van der Waals surface area (Å²) in [4.78, 5) is 10.7. The van der Waals surface area contributed by atoms with Gasteiger partial charge >= 0.3 is 0 Å². The molecule has 218 valence electrons. The summed E-state index contributed by atoms with van der Waals surface area (Å²) in [6.45, 7) is 35.0. The Balaban J connectivity index is 4.96. The SMILES string of the molecule is CC(C)N(CCCN(CCCN(C(C)(C)I)C(C)(C)I)C(C)(C)I)CCCN(C(C)(C)I)C(C)(C)I. The van der Waals surface area contributed by atoms with E-state index in [-0.39, 0.29) is 17.7 Å². The van der Waals surface area contributed by atoms with Crippen molar-refractivity contribution >= 4 is 113 Å². The quantitative estimate of drug-likeness (QED) is 0.0771. The third-order valence-electron chi connectivity index (χ3n) is 6.56. The van der Waals surface area contributed by atoms with Gasteiger partial charge in [-0.3, -0.25) is 14.7 Å². The molecule has 0 saturated heterocycles. The van der Waals surface area contributed by atoms with Gasteiger partial charge in [-0.2, -0.15) is 0 Å². The predicted molar refractivity (Wildman–Crippen MR) is 206 cm³/mol. The Morgan fingerprint density at radius 2 is 0.722 bits per heavy atom. The van der Waals surface area contributed by atoms with Gasteiger partial charge in [0.2, 0.25) is 0 Å². The van der Waals surface area contributed by atoms with Gasteiger partial charge in [-0.15, -0.1) is 0 Å². The van der Waals surface area contributed by atoms with E-state index in [4.69, 9.17) is 0 Å². The highest BCUT2D eigenvalue weighted by Gasteiger charge is 2.35. The van der Waals surface area contributed by atoms with Crippen molar-refractivity contribution in [3.63, 3.8) is 0 Å². The first kappa shape index (κ1) is 39.5.